The molecule has 0 amide bonds. The van der Waals surface area contributed by atoms with Crippen molar-refractivity contribution in [3.05, 3.63) is 23.4 Å². The number of anilines is 1. The average molecular weight is 294 g/mol. The standard InChI is InChI=1S/C10H14BrClN2O/c1-14(6-8(11)7-15-2)10-9(12)4-3-5-13-10/h3-5,8H,6-7H2,1-2H3. The third-order valence-electron chi connectivity index (χ3n) is 1.92. The summed E-state index contributed by atoms with van der Waals surface area (Å²) in [5.41, 5.74) is 0. The third kappa shape index (κ3) is 3.97. The van der Waals surface area contributed by atoms with E-state index in [0.717, 1.165) is 12.4 Å². The van der Waals surface area contributed by atoms with E-state index >= 15 is 0 Å². The van der Waals surface area contributed by atoms with Crippen molar-refractivity contribution in [2.45, 2.75) is 4.83 Å². The van der Waals surface area contributed by atoms with Gasteiger partial charge in [-0.05, 0) is 12.1 Å². The molecule has 1 rings (SSSR count). The number of alkyl halides is 1. The van der Waals surface area contributed by atoms with Crippen molar-refractivity contribution >= 4 is 33.3 Å². The lowest BCUT2D eigenvalue weighted by Gasteiger charge is -2.21. The normalized spacial score (nSPS) is 12.5. The minimum Gasteiger partial charge on any atom is -0.383 e. The van der Waals surface area contributed by atoms with Crippen molar-refractivity contribution in [2.75, 3.05) is 32.2 Å². The molecule has 1 heterocycles. The Morgan fingerprint density at radius 2 is 2.40 bits per heavy atom. The van der Waals surface area contributed by atoms with Gasteiger partial charge < -0.3 is 9.64 Å². The van der Waals surface area contributed by atoms with Gasteiger partial charge in [-0.2, -0.15) is 0 Å². The fourth-order valence-electron chi connectivity index (χ4n) is 1.28. The molecule has 3 nitrogen and oxygen atoms in total. The Morgan fingerprint density at radius 3 is 3.00 bits per heavy atom. The zero-order valence-electron chi connectivity index (χ0n) is 8.78. The Hall–Kier alpha value is -0.320. The van der Waals surface area contributed by atoms with E-state index in [0.29, 0.717) is 11.6 Å². The maximum atomic E-state index is 6.03. The lowest BCUT2D eigenvalue weighted by atomic mass is 10.4. The maximum absolute atomic E-state index is 6.03. The Morgan fingerprint density at radius 1 is 1.67 bits per heavy atom. The quantitative estimate of drug-likeness (QED) is 0.780. The Bertz CT molecular complexity index is 311. The molecule has 0 spiro atoms. The van der Waals surface area contributed by atoms with E-state index in [-0.39, 0.29) is 4.83 Å². The molecule has 0 saturated carbocycles. The van der Waals surface area contributed by atoms with Gasteiger partial charge in [0.15, 0.2) is 0 Å². The van der Waals surface area contributed by atoms with Crippen LogP contribution in [0.25, 0.3) is 0 Å². The van der Waals surface area contributed by atoms with Crippen LogP contribution in [0.3, 0.4) is 0 Å². The number of aromatic nitrogens is 1. The van der Waals surface area contributed by atoms with Crippen molar-refractivity contribution < 1.29 is 4.74 Å². The zero-order chi connectivity index (χ0) is 11.3. The molecule has 0 aromatic carbocycles. The van der Waals surface area contributed by atoms with E-state index in [4.69, 9.17) is 16.3 Å². The molecule has 0 N–H and O–H groups in total. The summed E-state index contributed by atoms with van der Waals surface area (Å²) in [6.45, 7) is 1.46. The minimum absolute atomic E-state index is 0.269. The first kappa shape index (κ1) is 12.7. The van der Waals surface area contributed by atoms with Gasteiger partial charge in [-0.15, -0.1) is 0 Å². The number of nitrogens with zero attached hydrogens (tertiary/aromatic N) is 2. The van der Waals surface area contributed by atoms with Gasteiger partial charge in [0, 0.05) is 26.9 Å². The SMILES string of the molecule is COCC(Br)CN(C)c1ncccc1Cl. The molecule has 0 bridgehead atoms. The van der Waals surface area contributed by atoms with E-state index in [1.807, 2.05) is 24.1 Å². The summed E-state index contributed by atoms with van der Waals surface area (Å²) in [6.07, 6.45) is 1.73. The molecular formula is C10H14BrClN2O. The molecule has 0 saturated heterocycles. The highest BCUT2D eigenvalue weighted by molar-refractivity contribution is 9.09. The number of hydrogen-bond donors (Lipinski definition) is 0. The largest absolute Gasteiger partial charge is 0.383 e. The van der Waals surface area contributed by atoms with E-state index in [2.05, 4.69) is 20.9 Å². The zero-order valence-corrected chi connectivity index (χ0v) is 11.1. The predicted molar refractivity (Wildman–Crippen MR) is 67.1 cm³/mol. The summed E-state index contributed by atoms with van der Waals surface area (Å²) in [5.74, 6) is 0.791. The number of halogens is 2. The summed E-state index contributed by atoms with van der Waals surface area (Å²) in [4.78, 5) is 6.49. The van der Waals surface area contributed by atoms with Gasteiger partial charge in [-0.3, -0.25) is 0 Å². The monoisotopic (exact) mass is 292 g/mol. The molecular weight excluding hydrogens is 279 g/mol. The van der Waals surface area contributed by atoms with Crippen molar-refractivity contribution in [3.8, 4) is 0 Å². The number of hydrogen-bond acceptors (Lipinski definition) is 3. The Balaban J connectivity index is 2.61. The summed E-state index contributed by atoms with van der Waals surface area (Å²) in [7, 11) is 3.64. The molecule has 1 aromatic rings. The van der Waals surface area contributed by atoms with Gasteiger partial charge in [0.05, 0.1) is 16.5 Å². The Kier molecular flexibility index (Phi) is 5.36. The lowest BCUT2D eigenvalue weighted by Crippen LogP contribution is -2.28. The molecule has 0 radical (unpaired) electrons. The number of ether oxygens (including phenoxy) is 1. The molecule has 0 aliphatic rings. The molecule has 84 valence electrons. The van der Waals surface area contributed by atoms with Crippen LogP contribution in [-0.4, -0.2) is 37.1 Å². The van der Waals surface area contributed by atoms with E-state index in [9.17, 15) is 0 Å². The number of rotatable bonds is 5. The fourth-order valence-corrected chi connectivity index (χ4v) is 2.24. The van der Waals surface area contributed by atoms with Crippen LogP contribution < -0.4 is 4.90 Å². The summed E-state index contributed by atoms with van der Waals surface area (Å²) < 4.78 is 5.04. The van der Waals surface area contributed by atoms with Gasteiger partial charge in [0.1, 0.15) is 5.82 Å². The second-order valence-corrected chi connectivity index (χ2v) is 4.94. The van der Waals surface area contributed by atoms with Crippen molar-refractivity contribution in [1.82, 2.24) is 4.98 Å². The van der Waals surface area contributed by atoms with Crippen LogP contribution >= 0.6 is 27.5 Å². The molecule has 1 aromatic heterocycles. The van der Waals surface area contributed by atoms with Gasteiger partial charge in [0.25, 0.3) is 0 Å². The number of methoxy groups -OCH3 is 1. The first-order valence-corrected chi connectivity index (χ1v) is 5.89. The smallest absolute Gasteiger partial charge is 0.147 e. The van der Waals surface area contributed by atoms with E-state index < -0.39 is 0 Å². The molecule has 1 unspecified atom stereocenters. The number of pyridine rings is 1. The van der Waals surface area contributed by atoms with Gasteiger partial charge >= 0.3 is 0 Å². The molecule has 15 heavy (non-hydrogen) atoms. The highest BCUT2D eigenvalue weighted by Crippen LogP contribution is 2.21. The van der Waals surface area contributed by atoms with Gasteiger partial charge in [-0.1, -0.05) is 27.5 Å². The highest BCUT2D eigenvalue weighted by Gasteiger charge is 2.11. The van der Waals surface area contributed by atoms with Crippen LogP contribution in [0.5, 0.6) is 0 Å². The maximum Gasteiger partial charge on any atom is 0.147 e. The average Bonchev–Trinajstić information content (AvgIpc) is 2.18. The Labute approximate surface area is 104 Å². The van der Waals surface area contributed by atoms with Crippen LogP contribution in [0, 0.1) is 0 Å². The van der Waals surface area contributed by atoms with E-state index in [1.54, 1.807) is 13.3 Å². The van der Waals surface area contributed by atoms with Gasteiger partial charge in [0.2, 0.25) is 0 Å². The molecule has 0 aliphatic heterocycles. The van der Waals surface area contributed by atoms with Crippen molar-refractivity contribution in [1.29, 1.82) is 0 Å². The highest BCUT2D eigenvalue weighted by atomic mass is 79.9. The lowest BCUT2D eigenvalue weighted by molar-refractivity contribution is 0.201. The minimum atomic E-state index is 0.269. The predicted octanol–water partition coefficient (Wildman–Crippen LogP) is 2.58. The summed E-state index contributed by atoms with van der Waals surface area (Å²) >= 11 is 9.55. The molecule has 1 atom stereocenters. The second-order valence-electron chi connectivity index (χ2n) is 3.24. The second kappa shape index (κ2) is 6.30. The van der Waals surface area contributed by atoms with E-state index in [1.165, 1.54) is 0 Å². The first-order chi connectivity index (χ1) is 7.15. The molecule has 5 heteroatoms. The summed E-state index contributed by atoms with van der Waals surface area (Å²) in [5, 5.41) is 0.664. The fraction of sp³-hybridized carbons (Fsp3) is 0.500. The van der Waals surface area contributed by atoms with Crippen LogP contribution in [0.2, 0.25) is 5.02 Å². The van der Waals surface area contributed by atoms with Crippen molar-refractivity contribution in [3.63, 3.8) is 0 Å². The molecule has 0 aliphatic carbocycles. The molecule has 0 fully saturated rings. The van der Waals surface area contributed by atoms with Crippen LogP contribution in [-0.2, 0) is 4.74 Å². The third-order valence-corrected chi connectivity index (χ3v) is 2.77. The van der Waals surface area contributed by atoms with Crippen LogP contribution in [0.15, 0.2) is 18.3 Å². The van der Waals surface area contributed by atoms with Gasteiger partial charge in [-0.25, -0.2) is 4.98 Å². The first-order valence-electron chi connectivity index (χ1n) is 4.59. The topological polar surface area (TPSA) is 25.4 Å². The summed E-state index contributed by atoms with van der Waals surface area (Å²) in [6, 6.07) is 3.65. The van der Waals surface area contributed by atoms with Crippen LogP contribution in [0.4, 0.5) is 5.82 Å². The van der Waals surface area contributed by atoms with Crippen molar-refractivity contribution in [2.24, 2.45) is 0 Å². The van der Waals surface area contributed by atoms with Crippen LogP contribution in [0.1, 0.15) is 0 Å².